The van der Waals surface area contributed by atoms with Crippen LogP contribution in [0.4, 0.5) is 4.79 Å². The Hall–Kier alpha value is -3.42. The van der Waals surface area contributed by atoms with E-state index in [2.05, 4.69) is 15.3 Å². The molecule has 0 aliphatic carbocycles. The lowest BCUT2D eigenvalue weighted by Crippen LogP contribution is -2.32. The molecule has 3 aromatic rings. The maximum absolute atomic E-state index is 13.0. The SMILES string of the molecule is CCOc1ccc(-n2c(C(C)NC(=O)O)nc3ncccc3c2=O)cc1. The van der Waals surface area contributed by atoms with Crippen LogP contribution in [-0.2, 0) is 0 Å². The van der Waals surface area contributed by atoms with Crippen LogP contribution in [0.5, 0.6) is 5.75 Å². The molecule has 2 aromatic heterocycles. The number of carboxylic acid groups (broad SMARTS) is 1. The van der Waals surface area contributed by atoms with E-state index in [1.807, 2.05) is 6.92 Å². The van der Waals surface area contributed by atoms with Crippen LogP contribution in [0.3, 0.4) is 0 Å². The van der Waals surface area contributed by atoms with Gasteiger partial charge in [0.1, 0.15) is 11.6 Å². The number of aromatic nitrogens is 3. The molecule has 0 saturated carbocycles. The Morgan fingerprint density at radius 2 is 2.04 bits per heavy atom. The van der Waals surface area contributed by atoms with Gasteiger partial charge in [0.25, 0.3) is 5.56 Å². The Labute approximate surface area is 149 Å². The van der Waals surface area contributed by atoms with E-state index in [-0.39, 0.29) is 17.0 Å². The minimum absolute atomic E-state index is 0.257. The molecule has 0 saturated heterocycles. The van der Waals surface area contributed by atoms with Crippen molar-refractivity contribution in [2.75, 3.05) is 6.61 Å². The molecule has 134 valence electrons. The van der Waals surface area contributed by atoms with Gasteiger partial charge in [-0.3, -0.25) is 9.36 Å². The zero-order valence-electron chi connectivity index (χ0n) is 14.3. The number of nitrogens with one attached hydrogen (secondary N) is 1. The fourth-order valence-electron chi connectivity index (χ4n) is 2.68. The third-order valence-electron chi connectivity index (χ3n) is 3.80. The predicted octanol–water partition coefficient (Wildman–Crippen LogP) is 2.51. The maximum atomic E-state index is 13.0. The molecule has 0 radical (unpaired) electrons. The molecule has 8 nitrogen and oxygen atoms in total. The third-order valence-corrected chi connectivity index (χ3v) is 3.80. The van der Waals surface area contributed by atoms with Gasteiger partial charge in [0.2, 0.25) is 0 Å². The van der Waals surface area contributed by atoms with Gasteiger partial charge in [0.05, 0.1) is 23.7 Å². The first-order valence-electron chi connectivity index (χ1n) is 8.11. The van der Waals surface area contributed by atoms with E-state index in [1.54, 1.807) is 43.3 Å². The van der Waals surface area contributed by atoms with Crippen LogP contribution in [-0.4, -0.2) is 32.3 Å². The van der Waals surface area contributed by atoms with E-state index >= 15 is 0 Å². The summed E-state index contributed by atoms with van der Waals surface area (Å²) in [5, 5.41) is 11.7. The number of hydrogen-bond donors (Lipinski definition) is 2. The van der Waals surface area contributed by atoms with Gasteiger partial charge in [-0.1, -0.05) is 0 Å². The van der Waals surface area contributed by atoms with Crippen molar-refractivity contribution in [1.82, 2.24) is 19.9 Å². The lowest BCUT2D eigenvalue weighted by atomic mass is 10.2. The van der Waals surface area contributed by atoms with Crippen LogP contribution < -0.4 is 15.6 Å². The summed E-state index contributed by atoms with van der Waals surface area (Å²) in [5.41, 5.74) is 0.515. The van der Waals surface area contributed by atoms with Crippen molar-refractivity contribution in [1.29, 1.82) is 0 Å². The Morgan fingerprint density at radius 1 is 1.31 bits per heavy atom. The monoisotopic (exact) mass is 354 g/mol. The number of benzene rings is 1. The molecule has 1 atom stereocenters. The van der Waals surface area contributed by atoms with Crippen molar-refractivity contribution in [2.24, 2.45) is 0 Å². The number of amides is 1. The Kier molecular flexibility index (Phi) is 4.83. The van der Waals surface area contributed by atoms with Gasteiger partial charge < -0.3 is 15.2 Å². The molecule has 2 N–H and O–H groups in total. The molecule has 8 heteroatoms. The highest BCUT2D eigenvalue weighted by Gasteiger charge is 2.19. The van der Waals surface area contributed by atoms with E-state index in [1.165, 1.54) is 10.8 Å². The zero-order chi connectivity index (χ0) is 18.7. The Bertz CT molecular complexity index is 998. The smallest absolute Gasteiger partial charge is 0.405 e. The van der Waals surface area contributed by atoms with Crippen molar-refractivity contribution in [3.05, 3.63) is 58.8 Å². The molecule has 1 amide bonds. The Balaban J connectivity index is 2.22. The van der Waals surface area contributed by atoms with Gasteiger partial charge in [-0.15, -0.1) is 0 Å². The highest BCUT2D eigenvalue weighted by Crippen LogP contribution is 2.19. The molecular formula is C18H18N4O4. The molecule has 1 aromatic carbocycles. The number of rotatable bonds is 5. The van der Waals surface area contributed by atoms with E-state index in [0.29, 0.717) is 23.4 Å². The molecule has 0 bridgehead atoms. The molecule has 3 rings (SSSR count). The normalized spacial score (nSPS) is 11.9. The third kappa shape index (κ3) is 3.34. The molecule has 0 aliphatic heterocycles. The molecule has 26 heavy (non-hydrogen) atoms. The fourth-order valence-corrected chi connectivity index (χ4v) is 2.68. The van der Waals surface area contributed by atoms with Gasteiger partial charge >= 0.3 is 6.09 Å². The Morgan fingerprint density at radius 3 is 2.69 bits per heavy atom. The summed E-state index contributed by atoms with van der Waals surface area (Å²) in [7, 11) is 0. The second-order valence-corrected chi connectivity index (χ2v) is 5.58. The fraction of sp³-hybridized carbons (Fsp3) is 0.222. The largest absolute Gasteiger partial charge is 0.494 e. The summed E-state index contributed by atoms with van der Waals surface area (Å²) < 4.78 is 6.81. The minimum Gasteiger partial charge on any atom is -0.494 e. The number of hydrogen-bond acceptors (Lipinski definition) is 5. The number of ether oxygens (including phenoxy) is 1. The summed E-state index contributed by atoms with van der Waals surface area (Å²) >= 11 is 0. The second-order valence-electron chi connectivity index (χ2n) is 5.58. The first-order valence-corrected chi connectivity index (χ1v) is 8.11. The molecular weight excluding hydrogens is 336 g/mol. The van der Waals surface area contributed by atoms with E-state index in [9.17, 15) is 9.59 Å². The van der Waals surface area contributed by atoms with Crippen LogP contribution >= 0.6 is 0 Å². The zero-order valence-corrected chi connectivity index (χ0v) is 14.3. The summed E-state index contributed by atoms with van der Waals surface area (Å²) in [5.74, 6) is 0.936. The van der Waals surface area contributed by atoms with Crippen LogP contribution in [0.2, 0.25) is 0 Å². The van der Waals surface area contributed by atoms with Gasteiger partial charge in [0.15, 0.2) is 5.65 Å². The van der Waals surface area contributed by atoms with E-state index in [0.717, 1.165) is 0 Å². The van der Waals surface area contributed by atoms with E-state index in [4.69, 9.17) is 9.84 Å². The first-order chi connectivity index (χ1) is 12.5. The van der Waals surface area contributed by atoms with Crippen molar-refractivity contribution in [2.45, 2.75) is 19.9 Å². The van der Waals surface area contributed by atoms with E-state index < -0.39 is 12.1 Å². The molecule has 2 heterocycles. The molecule has 0 fully saturated rings. The number of nitrogens with zero attached hydrogens (tertiary/aromatic N) is 3. The average molecular weight is 354 g/mol. The summed E-state index contributed by atoms with van der Waals surface area (Å²) in [6.45, 7) is 4.04. The number of carbonyl (C=O) groups is 1. The van der Waals surface area contributed by atoms with Crippen molar-refractivity contribution < 1.29 is 14.6 Å². The van der Waals surface area contributed by atoms with Crippen LogP contribution in [0.25, 0.3) is 16.7 Å². The number of fused-ring (bicyclic) bond motifs is 1. The number of pyridine rings is 1. The predicted molar refractivity (Wildman–Crippen MR) is 95.9 cm³/mol. The second kappa shape index (κ2) is 7.22. The summed E-state index contributed by atoms with van der Waals surface area (Å²) in [6, 6.07) is 9.54. The quantitative estimate of drug-likeness (QED) is 0.729. The van der Waals surface area contributed by atoms with Crippen molar-refractivity contribution >= 4 is 17.1 Å². The van der Waals surface area contributed by atoms with Crippen LogP contribution in [0.15, 0.2) is 47.4 Å². The molecule has 0 aliphatic rings. The molecule has 0 spiro atoms. The average Bonchev–Trinajstić information content (AvgIpc) is 2.62. The standard InChI is InChI=1S/C18H18N4O4/c1-3-26-13-8-6-12(7-9-13)22-16(11(2)20-18(24)25)21-15-14(17(22)23)5-4-10-19-15/h4-11,20H,3H2,1-2H3,(H,24,25). The summed E-state index contributed by atoms with van der Waals surface area (Å²) in [4.78, 5) is 32.6. The lowest BCUT2D eigenvalue weighted by Gasteiger charge is -2.18. The first kappa shape index (κ1) is 17.4. The van der Waals surface area contributed by atoms with Crippen LogP contribution in [0, 0.1) is 0 Å². The highest BCUT2D eigenvalue weighted by molar-refractivity contribution is 5.74. The topological polar surface area (TPSA) is 106 Å². The lowest BCUT2D eigenvalue weighted by molar-refractivity contribution is 0.190. The van der Waals surface area contributed by atoms with Crippen molar-refractivity contribution in [3.63, 3.8) is 0 Å². The van der Waals surface area contributed by atoms with Crippen molar-refractivity contribution in [3.8, 4) is 11.4 Å². The minimum atomic E-state index is -1.20. The van der Waals surface area contributed by atoms with Gasteiger partial charge in [0, 0.05) is 6.20 Å². The van der Waals surface area contributed by atoms with Gasteiger partial charge in [-0.25, -0.2) is 14.8 Å². The van der Waals surface area contributed by atoms with Gasteiger partial charge in [-0.2, -0.15) is 0 Å². The summed E-state index contributed by atoms with van der Waals surface area (Å²) in [6.07, 6.45) is 0.334. The van der Waals surface area contributed by atoms with Gasteiger partial charge in [-0.05, 0) is 50.2 Å². The highest BCUT2D eigenvalue weighted by atomic mass is 16.5. The molecule has 1 unspecified atom stereocenters. The van der Waals surface area contributed by atoms with Crippen LogP contribution in [0.1, 0.15) is 25.7 Å². The maximum Gasteiger partial charge on any atom is 0.405 e.